The molecule has 6 nitrogen and oxygen atoms in total. The van der Waals surface area contributed by atoms with Gasteiger partial charge in [0.25, 0.3) is 0 Å². The maximum Gasteiger partial charge on any atom is 0.154 e. The molecule has 108 valence electrons. The number of imidazole rings is 1. The zero-order valence-corrected chi connectivity index (χ0v) is 12.1. The minimum Gasteiger partial charge on any atom is -0.495 e. The van der Waals surface area contributed by atoms with Crippen LogP contribution in [0.2, 0.25) is 0 Å². The van der Waals surface area contributed by atoms with Gasteiger partial charge >= 0.3 is 0 Å². The number of fused-ring (bicyclic) bond motifs is 1. The van der Waals surface area contributed by atoms with Gasteiger partial charge in [-0.1, -0.05) is 6.92 Å². The van der Waals surface area contributed by atoms with Crippen LogP contribution in [-0.4, -0.2) is 33.2 Å². The van der Waals surface area contributed by atoms with Gasteiger partial charge in [-0.25, -0.2) is 9.50 Å². The van der Waals surface area contributed by atoms with Gasteiger partial charge in [0.2, 0.25) is 0 Å². The molecule has 0 bridgehead atoms. The third kappa shape index (κ3) is 2.65. The second kappa shape index (κ2) is 5.78. The zero-order chi connectivity index (χ0) is 14.7. The van der Waals surface area contributed by atoms with Crippen LogP contribution in [0.5, 0.6) is 5.75 Å². The van der Waals surface area contributed by atoms with E-state index in [1.165, 1.54) is 0 Å². The Labute approximate surface area is 122 Å². The fraction of sp³-hybridized carbons (Fsp3) is 0.267. The molecule has 21 heavy (non-hydrogen) atoms. The van der Waals surface area contributed by atoms with Gasteiger partial charge in [0, 0.05) is 18.3 Å². The number of hydrogen-bond acceptors (Lipinski definition) is 5. The van der Waals surface area contributed by atoms with Crippen molar-refractivity contribution in [2.45, 2.75) is 13.3 Å². The van der Waals surface area contributed by atoms with Crippen LogP contribution in [-0.2, 0) is 0 Å². The third-order valence-electron chi connectivity index (χ3n) is 3.16. The van der Waals surface area contributed by atoms with E-state index < -0.39 is 0 Å². The van der Waals surface area contributed by atoms with E-state index in [1.54, 1.807) is 25.7 Å². The quantitative estimate of drug-likeness (QED) is 0.779. The zero-order valence-electron chi connectivity index (χ0n) is 12.1. The second-order valence-electron chi connectivity index (χ2n) is 4.67. The van der Waals surface area contributed by atoms with Gasteiger partial charge in [-0.05, 0) is 24.6 Å². The average Bonchev–Trinajstić information content (AvgIpc) is 2.96. The summed E-state index contributed by atoms with van der Waals surface area (Å²) in [5, 5.41) is 7.86. The monoisotopic (exact) mass is 283 g/mol. The van der Waals surface area contributed by atoms with Crippen molar-refractivity contribution < 1.29 is 4.74 Å². The number of methoxy groups -OCH3 is 1. The first-order valence-corrected chi connectivity index (χ1v) is 6.90. The Kier molecular flexibility index (Phi) is 3.68. The highest BCUT2D eigenvalue weighted by molar-refractivity contribution is 5.64. The number of aromatic nitrogens is 4. The molecular formula is C15H17N5O. The number of anilines is 1. The van der Waals surface area contributed by atoms with Crippen LogP contribution in [0.3, 0.4) is 0 Å². The summed E-state index contributed by atoms with van der Waals surface area (Å²) in [4.78, 5) is 8.56. The van der Waals surface area contributed by atoms with Crippen molar-refractivity contribution in [3.05, 3.63) is 36.8 Å². The van der Waals surface area contributed by atoms with Crippen LogP contribution >= 0.6 is 0 Å². The van der Waals surface area contributed by atoms with Gasteiger partial charge < -0.3 is 10.1 Å². The van der Waals surface area contributed by atoms with E-state index in [-0.39, 0.29) is 0 Å². The standard InChI is InChI=1S/C15H17N5O/c1-3-6-17-14-4-5-15-18-10-13(20(15)19-14)11-7-12(21-2)9-16-8-11/h4-5,7-10H,3,6H2,1-2H3,(H,17,19). The number of nitrogens with one attached hydrogen (secondary N) is 1. The maximum absolute atomic E-state index is 5.22. The van der Waals surface area contributed by atoms with E-state index in [9.17, 15) is 0 Å². The lowest BCUT2D eigenvalue weighted by molar-refractivity contribution is 0.413. The first-order chi connectivity index (χ1) is 10.3. The van der Waals surface area contributed by atoms with Crippen LogP contribution in [0.15, 0.2) is 36.8 Å². The Morgan fingerprint density at radius 1 is 1.24 bits per heavy atom. The molecule has 0 radical (unpaired) electrons. The average molecular weight is 283 g/mol. The predicted molar refractivity (Wildman–Crippen MR) is 81.6 cm³/mol. The second-order valence-corrected chi connectivity index (χ2v) is 4.67. The molecule has 0 aliphatic heterocycles. The summed E-state index contributed by atoms with van der Waals surface area (Å²) in [5.74, 6) is 1.54. The largest absolute Gasteiger partial charge is 0.495 e. The van der Waals surface area contributed by atoms with Crippen molar-refractivity contribution in [3.8, 4) is 17.0 Å². The molecule has 0 aliphatic rings. The first kappa shape index (κ1) is 13.4. The van der Waals surface area contributed by atoms with Gasteiger partial charge in [-0.2, -0.15) is 0 Å². The highest BCUT2D eigenvalue weighted by atomic mass is 16.5. The molecule has 0 fully saturated rings. The molecule has 0 aromatic carbocycles. The summed E-state index contributed by atoms with van der Waals surface area (Å²) in [5.41, 5.74) is 2.61. The lowest BCUT2D eigenvalue weighted by Crippen LogP contribution is -2.05. The highest BCUT2D eigenvalue weighted by Crippen LogP contribution is 2.23. The maximum atomic E-state index is 5.22. The van der Waals surface area contributed by atoms with Gasteiger partial charge in [0.05, 0.1) is 25.2 Å². The number of rotatable bonds is 5. The molecule has 3 aromatic rings. The van der Waals surface area contributed by atoms with Gasteiger partial charge in [-0.3, -0.25) is 4.98 Å². The molecule has 6 heteroatoms. The summed E-state index contributed by atoms with van der Waals surface area (Å²) >= 11 is 0. The summed E-state index contributed by atoms with van der Waals surface area (Å²) in [6.07, 6.45) is 6.30. The van der Waals surface area contributed by atoms with Gasteiger partial charge in [-0.15, -0.1) is 5.10 Å². The van der Waals surface area contributed by atoms with Gasteiger partial charge in [0.1, 0.15) is 11.6 Å². The van der Waals surface area contributed by atoms with Crippen LogP contribution < -0.4 is 10.1 Å². The van der Waals surface area contributed by atoms with Crippen LogP contribution in [0.4, 0.5) is 5.82 Å². The van der Waals surface area contributed by atoms with Crippen molar-refractivity contribution in [3.63, 3.8) is 0 Å². The summed E-state index contributed by atoms with van der Waals surface area (Å²) in [6.45, 7) is 3.01. The van der Waals surface area contributed by atoms with Crippen molar-refractivity contribution in [1.82, 2.24) is 19.6 Å². The van der Waals surface area contributed by atoms with E-state index in [2.05, 4.69) is 27.3 Å². The lowest BCUT2D eigenvalue weighted by Gasteiger charge is -2.06. The molecule has 0 atom stereocenters. The molecule has 3 aromatic heterocycles. The number of ether oxygens (including phenoxy) is 1. The Morgan fingerprint density at radius 3 is 2.95 bits per heavy atom. The molecule has 0 unspecified atom stereocenters. The summed E-state index contributed by atoms with van der Waals surface area (Å²) in [7, 11) is 1.63. The summed E-state index contributed by atoms with van der Waals surface area (Å²) < 4.78 is 7.03. The van der Waals surface area contributed by atoms with E-state index in [1.807, 2.05) is 22.7 Å². The fourth-order valence-electron chi connectivity index (χ4n) is 2.09. The van der Waals surface area contributed by atoms with E-state index in [0.717, 1.165) is 35.7 Å². The number of pyridine rings is 1. The van der Waals surface area contributed by atoms with Crippen molar-refractivity contribution in [1.29, 1.82) is 0 Å². The molecule has 3 heterocycles. The van der Waals surface area contributed by atoms with E-state index in [4.69, 9.17) is 4.74 Å². The van der Waals surface area contributed by atoms with Crippen molar-refractivity contribution in [2.24, 2.45) is 0 Å². The number of hydrogen-bond donors (Lipinski definition) is 1. The number of nitrogens with zero attached hydrogens (tertiary/aromatic N) is 4. The molecule has 0 saturated heterocycles. The minimum atomic E-state index is 0.711. The molecule has 3 rings (SSSR count). The predicted octanol–water partition coefficient (Wildman–Crippen LogP) is 2.62. The third-order valence-corrected chi connectivity index (χ3v) is 3.16. The van der Waals surface area contributed by atoms with Crippen molar-refractivity contribution in [2.75, 3.05) is 19.0 Å². The fourth-order valence-corrected chi connectivity index (χ4v) is 2.09. The minimum absolute atomic E-state index is 0.711. The van der Waals surface area contributed by atoms with Gasteiger partial charge in [0.15, 0.2) is 5.65 Å². The smallest absolute Gasteiger partial charge is 0.154 e. The first-order valence-electron chi connectivity index (χ1n) is 6.90. The van der Waals surface area contributed by atoms with E-state index >= 15 is 0 Å². The van der Waals surface area contributed by atoms with Crippen LogP contribution in [0.1, 0.15) is 13.3 Å². The Bertz CT molecular complexity index is 753. The van der Waals surface area contributed by atoms with Crippen LogP contribution in [0, 0.1) is 0 Å². The van der Waals surface area contributed by atoms with E-state index in [0.29, 0.717) is 5.75 Å². The Balaban J connectivity index is 2.05. The molecular weight excluding hydrogens is 266 g/mol. The molecule has 0 aliphatic carbocycles. The molecule has 0 spiro atoms. The highest BCUT2D eigenvalue weighted by Gasteiger charge is 2.09. The molecule has 1 N–H and O–H groups in total. The molecule has 0 saturated carbocycles. The lowest BCUT2D eigenvalue weighted by atomic mass is 10.2. The summed E-state index contributed by atoms with van der Waals surface area (Å²) in [6, 6.07) is 5.80. The Morgan fingerprint density at radius 2 is 2.14 bits per heavy atom. The normalized spacial score (nSPS) is 10.8. The molecule has 0 amide bonds. The van der Waals surface area contributed by atoms with Crippen molar-refractivity contribution >= 4 is 11.5 Å². The topological polar surface area (TPSA) is 64.3 Å². The Hall–Kier alpha value is -2.63. The van der Waals surface area contributed by atoms with Crippen LogP contribution in [0.25, 0.3) is 16.9 Å². The SMILES string of the molecule is CCCNc1ccc2ncc(-c3cncc(OC)c3)n2n1.